The van der Waals surface area contributed by atoms with E-state index in [-0.39, 0.29) is 5.69 Å². The zero-order valence-corrected chi connectivity index (χ0v) is 11.6. The summed E-state index contributed by atoms with van der Waals surface area (Å²) in [5.41, 5.74) is 2.46. The summed E-state index contributed by atoms with van der Waals surface area (Å²) in [5, 5.41) is 2.83. The van der Waals surface area contributed by atoms with Gasteiger partial charge in [0.15, 0.2) is 11.6 Å². The fourth-order valence-corrected chi connectivity index (χ4v) is 2.74. The predicted octanol–water partition coefficient (Wildman–Crippen LogP) is 3.22. The third-order valence-electron chi connectivity index (χ3n) is 3.74. The quantitative estimate of drug-likeness (QED) is 0.936. The van der Waals surface area contributed by atoms with Gasteiger partial charge in [-0.2, -0.15) is 0 Å². The van der Waals surface area contributed by atoms with E-state index < -0.39 is 11.6 Å². The van der Waals surface area contributed by atoms with E-state index in [0.29, 0.717) is 13.1 Å². The number of benzene rings is 1. The molecule has 0 saturated carbocycles. The minimum Gasteiger partial charge on any atom is -0.378 e. The van der Waals surface area contributed by atoms with E-state index in [0.717, 1.165) is 31.8 Å². The Morgan fingerprint density at radius 3 is 2.71 bits per heavy atom. The van der Waals surface area contributed by atoms with Crippen LogP contribution < -0.4 is 10.2 Å². The van der Waals surface area contributed by atoms with E-state index in [1.807, 2.05) is 12.1 Å². The molecular weight excluding hydrogens is 272 g/mol. The second kappa shape index (κ2) is 6.08. The summed E-state index contributed by atoms with van der Waals surface area (Å²) < 4.78 is 27.0. The molecule has 3 rings (SSSR count). The van der Waals surface area contributed by atoms with Gasteiger partial charge in [0.05, 0.1) is 12.4 Å². The number of pyridine rings is 1. The van der Waals surface area contributed by atoms with Gasteiger partial charge in [0.1, 0.15) is 5.69 Å². The van der Waals surface area contributed by atoms with E-state index in [1.54, 1.807) is 0 Å². The average Bonchev–Trinajstić information content (AvgIpc) is 2.50. The van der Waals surface area contributed by atoms with E-state index in [1.165, 1.54) is 11.3 Å². The van der Waals surface area contributed by atoms with Crippen LogP contribution in [0.5, 0.6) is 0 Å². The first-order valence-electron chi connectivity index (χ1n) is 7.11. The molecule has 0 aliphatic carbocycles. The van der Waals surface area contributed by atoms with Gasteiger partial charge in [-0.1, -0.05) is 18.2 Å². The highest BCUT2D eigenvalue weighted by Crippen LogP contribution is 2.26. The highest BCUT2D eigenvalue weighted by atomic mass is 19.1. The molecule has 1 aliphatic rings. The lowest BCUT2D eigenvalue weighted by Crippen LogP contribution is -2.33. The third-order valence-corrected chi connectivity index (χ3v) is 3.74. The zero-order valence-electron chi connectivity index (χ0n) is 11.6. The summed E-state index contributed by atoms with van der Waals surface area (Å²) in [7, 11) is 0. The lowest BCUT2D eigenvalue weighted by molar-refractivity contribution is 0.577. The van der Waals surface area contributed by atoms with Gasteiger partial charge >= 0.3 is 0 Å². The molecule has 0 unspecified atom stereocenters. The van der Waals surface area contributed by atoms with Crippen molar-refractivity contribution in [3.63, 3.8) is 0 Å². The summed E-state index contributed by atoms with van der Waals surface area (Å²) in [5.74, 6) is -1.32. The average molecular weight is 289 g/mol. The monoisotopic (exact) mass is 289 g/mol. The Morgan fingerprint density at radius 2 is 1.90 bits per heavy atom. The van der Waals surface area contributed by atoms with E-state index in [9.17, 15) is 8.78 Å². The van der Waals surface area contributed by atoms with Gasteiger partial charge in [-0.25, -0.2) is 8.78 Å². The van der Waals surface area contributed by atoms with Crippen LogP contribution in [0.4, 0.5) is 20.2 Å². The Balaban J connectivity index is 1.64. The van der Waals surface area contributed by atoms with E-state index in [4.69, 9.17) is 0 Å². The van der Waals surface area contributed by atoms with Crippen LogP contribution in [0.2, 0.25) is 0 Å². The normalized spacial score (nSPS) is 13.9. The van der Waals surface area contributed by atoms with Crippen LogP contribution in [0.25, 0.3) is 0 Å². The largest absolute Gasteiger partial charge is 0.378 e. The highest BCUT2D eigenvalue weighted by Gasteiger charge is 2.16. The molecule has 0 spiro atoms. The number of halogens is 2. The number of aryl methyl sites for hydroxylation is 1. The number of para-hydroxylation sites is 1. The molecular formula is C16H17F2N3. The molecule has 0 atom stereocenters. The Hall–Kier alpha value is -2.17. The van der Waals surface area contributed by atoms with E-state index in [2.05, 4.69) is 27.3 Å². The molecule has 1 aromatic carbocycles. The maximum Gasteiger partial charge on any atom is 0.167 e. The number of hydrogen-bond acceptors (Lipinski definition) is 3. The maximum atomic E-state index is 13.5. The van der Waals surface area contributed by atoms with Gasteiger partial charge in [-0.3, -0.25) is 4.98 Å². The number of aromatic nitrogens is 1. The number of rotatable bonds is 4. The lowest BCUT2D eigenvalue weighted by Gasteiger charge is -2.31. The number of fused-ring (bicyclic) bond motifs is 1. The van der Waals surface area contributed by atoms with Crippen molar-refractivity contribution in [2.75, 3.05) is 29.9 Å². The summed E-state index contributed by atoms with van der Waals surface area (Å²) in [6, 6.07) is 8.30. The van der Waals surface area contributed by atoms with Crippen molar-refractivity contribution in [3.05, 3.63) is 53.9 Å². The van der Waals surface area contributed by atoms with Crippen LogP contribution >= 0.6 is 0 Å². The SMILES string of the molecule is Fc1cncc(F)c1NCCN1CCCc2ccccc21. The molecule has 5 heteroatoms. The van der Waals surface area contributed by atoms with Gasteiger partial charge in [-0.05, 0) is 24.5 Å². The Bertz CT molecular complexity index is 610. The van der Waals surface area contributed by atoms with Crippen LogP contribution in [-0.4, -0.2) is 24.6 Å². The molecule has 0 fully saturated rings. The summed E-state index contributed by atoms with van der Waals surface area (Å²) in [4.78, 5) is 5.72. The number of nitrogens with one attached hydrogen (secondary N) is 1. The smallest absolute Gasteiger partial charge is 0.167 e. The molecule has 110 valence electrons. The molecule has 0 bridgehead atoms. The summed E-state index contributed by atoms with van der Waals surface area (Å²) in [6.07, 6.45) is 4.23. The fraction of sp³-hybridized carbons (Fsp3) is 0.312. The molecule has 3 nitrogen and oxygen atoms in total. The molecule has 2 aromatic rings. The third kappa shape index (κ3) is 2.96. The first kappa shape index (κ1) is 13.8. The number of anilines is 2. The maximum absolute atomic E-state index is 13.5. The number of nitrogens with zero attached hydrogens (tertiary/aromatic N) is 2. The van der Waals surface area contributed by atoms with Gasteiger partial charge in [0.2, 0.25) is 0 Å². The highest BCUT2D eigenvalue weighted by molar-refractivity contribution is 5.55. The summed E-state index contributed by atoms with van der Waals surface area (Å²) in [6.45, 7) is 2.16. The van der Waals surface area contributed by atoms with Crippen molar-refractivity contribution in [1.82, 2.24) is 4.98 Å². The van der Waals surface area contributed by atoms with Crippen molar-refractivity contribution in [3.8, 4) is 0 Å². The molecule has 21 heavy (non-hydrogen) atoms. The minimum atomic E-state index is -0.658. The molecule has 2 heterocycles. The first-order chi connectivity index (χ1) is 10.3. The zero-order chi connectivity index (χ0) is 14.7. The van der Waals surface area contributed by atoms with Crippen molar-refractivity contribution in [2.24, 2.45) is 0 Å². The second-order valence-corrected chi connectivity index (χ2v) is 5.12. The van der Waals surface area contributed by atoms with Crippen LogP contribution in [0.15, 0.2) is 36.7 Å². The minimum absolute atomic E-state index is 0.102. The Labute approximate surface area is 122 Å². The molecule has 1 N–H and O–H groups in total. The first-order valence-corrected chi connectivity index (χ1v) is 7.11. The standard InChI is InChI=1S/C16H17F2N3/c17-13-10-19-11-14(18)16(13)20-7-9-21-8-3-5-12-4-1-2-6-15(12)21/h1-2,4,6,10-11H,3,5,7-9H2,(H,19,20). The molecule has 0 amide bonds. The van der Waals surface area contributed by atoms with E-state index >= 15 is 0 Å². The molecule has 0 radical (unpaired) electrons. The van der Waals surface area contributed by atoms with Gasteiger partial charge in [0, 0.05) is 25.3 Å². The van der Waals surface area contributed by atoms with Crippen molar-refractivity contribution < 1.29 is 8.78 Å². The number of hydrogen-bond donors (Lipinski definition) is 1. The lowest BCUT2D eigenvalue weighted by atomic mass is 10.0. The second-order valence-electron chi connectivity index (χ2n) is 5.12. The van der Waals surface area contributed by atoms with Crippen LogP contribution in [-0.2, 0) is 6.42 Å². The van der Waals surface area contributed by atoms with Crippen molar-refractivity contribution in [2.45, 2.75) is 12.8 Å². The van der Waals surface area contributed by atoms with Gasteiger partial charge < -0.3 is 10.2 Å². The van der Waals surface area contributed by atoms with Gasteiger partial charge in [0.25, 0.3) is 0 Å². The Kier molecular flexibility index (Phi) is 3.99. The van der Waals surface area contributed by atoms with Crippen LogP contribution in [0.3, 0.4) is 0 Å². The van der Waals surface area contributed by atoms with Crippen LogP contribution in [0.1, 0.15) is 12.0 Å². The molecule has 1 aliphatic heterocycles. The van der Waals surface area contributed by atoms with Crippen molar-refractivity contribution >= 4 is 11.4 Å². The van der Waals surface area contributed by atoms with Gasteiger partial charge in [-0.15, -0.1) is 0 Å². The van der Waals surface area contributed by atoms with Crippen LogP contribution in [0, 0.1) is 11.6 Å². The summed E-state index contributed by atoms with van der Waals surface area (Å²) >= 11 is 0. The predicted molar refractivity (Wildman–Crippen MR) is 79.6 cm³/mol. The Morgan fingerprint density at radius 1 is 1.14 bits per heavy atom. The molecule has 1 aromatic heterocycles. The topological polar surface area (TPSA) is 28.2 Å². The fourth-order valence-electron chi connectivity index (χ4n) is 2.74. The van der Waals surface area contributed by atoms with Crippen molar-refractivity contribution in [1.29, 1.82) is 0 Å². The molecule has 0 saturated heterocycles.